The Kier molecular flexibility index (Phi) is 6.66. The summed E-state index contributed by atoms with van der Waals surface area (Å²) in [5.74, 6) is -0.358. The van der Waals surface area contributed by atoms with E-state index in [1.54, 1.807) is 11.3 Å². The summed E-state index contributed by atoms with van der Waals surface area (Å²) in [6, 6.07) is 3.90. The lowest BCUT2D eigenvalue weighted by Crippen LogP contribution is -2.38. The highest BCUT2D eigenvalue weighted by molar-refractivity contribution is 7.09. The van der Waals surface area contributed by atoms with Crippen molar-refractivity contribution in [1.29, 1.82) is 0 Å². The van der Waals surface area contributed by atoms with Crippen LogP contribution < -0.4 is 5.32 Å². The number of aliphatic imine (C=N–C) groups is 1. The molecule has 0 unspecified atom stereocenters. The summed E-state index contributed by atoms with van der Waals surface area (Å²) in [4.78, 5) is 10.9. The molecule has 0 radical (unpaired) electrons. The molecule has 0 amide bonds. The lowest BCUT2D eigenvalue weighted by Gasteiger charge is -2.21. The third-order valence-electron chi connectivity index (χ3n) is 3.45. The fourth-order valence-corrected chi connectivity index (χ4v) is 2.92. The maximum atomic E-state index is 13.6. The average Bonchev–Trinajstić information content (AvgIpc) is 2.94. The Bertz CT molecular complexity index is 679. The van der Waals surface area contributed by atoms with Crippen LogP contribution in [0.3, 0.4) is 0 Å². The van der Waals surface area contributed by atoms with Gasteiger partial charge in [0.15, 0.2) is 5.96 Å². The van der Waals surface area contributed by atoms with Gasteiger partial charge in [-0.3, -0.25) is 4.99 Å². The second kappa shape index (κ2) is 8.73. The monoisotopic (exact) mass is 352 g/mol. The standard InChI is InChI=1S/C17H22F2N4S/c1-4-20-17(23(3)10-13-11-24-12(2)22-13)21-9-8-14-15(18)6-5-7-16(14)19/h5-7,11H,4,8-10H2,1-3H3,(H,20,21). The van der Waals surface area contributed by atoms with Crippen LogP contribution in [0, 0.1) is 18.6 Å². The smallest absolute Gasteiger partial charge is 0.194 e. The van der Waals surface area contributed by atoms with Gasteiger partial charge < -0.3 is 10.2 Å². The van der Waals surface area contributed by atoms with Crippen LogP contribution in [-0.2, 0) is 13.0 Å². The quantitative estimate of drug-likeness (QED) is 0.640. The van der Waals surface area contributed by atoms with E-state index in [0.717, 1.165) is 10.7 Å². The van der Waals surface area contributed by atoms with E-state index in [4.69, 9.17) is 0 Å². The Morgan fingerprint density at radius 1 is 1.33 bits per heavy atom. The molecule has 0 bridgehead atoms. The zero-order chi connectivity index (χ0) is 17.5. The van der Waals surface area contributed by atoms with Gasteiger partial charge >= 0.3 is 0 Å². The summed E-state index contributed by atoms with van der Waals surface area (Å²) in [7, 11) is 1.92. The van der Waals surface area contributed by atoms with Crippen LogP contribution in [0.15, 0.2) is 28.6 Å². The Balaban J connectivity index is 2.02. The molecular weight excluding hydrogens is 330 g/mol. The number of aryl methyl sites for hydroxylation is 1. The second-order valence-corrected chi connectivity index (χ2v) is 6.46. The summed E-state index contributed by atoms with van der Waals surface area (Å²) in [5, 5.41) is 6.23. The molecular formula is C17H22F2N4S. The lowest BCUT2D eigenvalue weighted by molar-refractivity contribution is 0.470. The number of guanidine groups is 1. The molecule has 0 aliphatic rings. The highest BCUT2D eigenvalue weighted by Crippen LogP contribution is 2.13. The van der Waals surface area contributed by atoms with Gasteiger partial charge in [-0.05, 0) is 32.4 Å². The van der Waals surface area contributed by atoms with E-state index in [1.807, 2.05) is 31.2 Å². The van der Waals surface area contributed by atoms with Crippen molar-refractivity contribution >= 4 is 17.3 Å². The van der Waals surface area contributed by atoms with Crippen molar-refractivity contribution in [3.63, 3.8) is 0 Å². The first-order valence-corrected chi connectivity index (χ1v) is 8.72. The van der Waals surface area contributed by atoms with E-state index in [1.165, 1.54) is 18.2 Å². The molecule has 0 saturated carbocycles. The summed E-state index contributed by atoms with van der Waals surface area (Å²) < 4.78 is 27.3. The first-order chi connectivity index (χ1) is 11.5. The van der Waals surface area contributed by atoms with Gasteiger partial charge in [0, 0.05) is 31.1 Å². The van der Waals surface area contributed by atoms with E-state index in [0.29, 0.717) is 25.6 Å². The van der Waals surface area contributed by atoms with Crippen molar-refractivity contribution in [1.82, 2.24) is 15.2 Å². The lowest BCUT2D eigenvalue weighted by atomic mass is 10.1. The van der Waals surface area contributed by atoms with Crippen LogP contribution in [0.5, 0.6) is 0 Å². The normalized spacial score (nSPS) is 11.6. The van der Waals surface area contributed by atoms with Crippen molar-refractivity contribution in [2.75, 3.05) is 20.1 Å². The maximum Gasteiger partial charge on any atom is 0.194 e. The molecule has 7 heteroatoms. The molecule has 0 aliphatic heterocycles. The van der Waals surface area contributed by atoms with Crippen molar-refractivity contribution < 1.29 is 8.78 Å². The highest BCUT2D eigenvalue weighted by Gasteiger charge is 2.10. The van der Waals surface area contributed by atoms with Gasteiger partial charge in [0.2, 0.25) is 0 Å². The fourth-order valence-electron chi connectivity index (χ4n) is 2.31. The molecule has 4 nitrogen and oxygen atoms in total. The molecule has 130 valence electrons. The first-order valence-electron chi connectivity index (χ1n) is 7.84. The molecule has 0 saturated heterocycles. The molecule has 2 rings (SSSR count). The van der Waals surface area contributed by atoms with Crippen LogP contribution in [0.4, 0.5) is 8.78 Å². The molecule has 2 aromatic rings. The van der Waals surface area contributed by atoms with Crippen LogP contribution in [-0.4, -0.2) is 36.0 Å². The van der Waals surface area contributed by atoms with E-state index >= 15 is 0 Å². The highest BCUT2D eigenvalue weighted by atomic mass is 32.1. The molecule has 1 aromatic heterocycles. The molecule has 0 atom stereocenters. The number of benzene rings is 1. The van der Waals surface area contributed by atoms with Gasteiger partial charge in [-0.1, -0.05) is 6.07 Å². The summed E-state index contributed by atoms with van der Waals surface area (Å²) >= 11 is 1.61. The van der Waals surface area contributed by atoms with E-state index in [-0.39, 0.29) is 12.0 Å². The molecule has 0 fully saturated rings. The SMILES string of the molecule is CCNC(=NCCc1c(F)cccc1F)N(C)Cc1csc(C)n1. The topological polar surface area (TPSA) is 40.5 Å². The van der Waals surface area contributed by atoms with Gasteiger partial charge in [0.1, 0.15) is 11.6 Å². The van der Waals surface area contributed by atoms with Gasteiger partial charge in [0.25, 0.3) is 0 Å². The molecule has 24 heavy (non-hydrogen) atoms. The minimum atomic E-state index is -0.526. The number of hydrogen-bond acceptors (Lipinski definition) is 3. The number of hydrogen-bond donors (Lipinski definition) is 1. The number of nitrogens with one attached hydrogen (secondary N) is 1. The van der Waals surface area contributed by atoms with Gasteiger partial charge in [-0.2, -0.15) is 0 Å². The van der Waals surface area contributed by atoms with Crippen molar-refractivity contribution in [3.8, 4) is 0 Å². The van der Waals surface area contributed by atoms with Gasteiger partial charge in [0.05, 0.1) is 17.2 Å². The minimum Gasteiger partial charge on any atom is -0.357 e. The van der Waals surface area contributed by atoms with E-state index in [9.17, 15) is 8.78 Å². The minimum absolute atomic E-state index is 0.0786. The van der Waals surface area contributed by atoms with E-state index < -0.39 is 11.6 Å². The predicted molar refractivity (Wildman–Crippen MR) is 94.4 cm³/mol. The van der Waals surface area contributed by atoms with Crippen LogP contribution in [0.25, 0.3) is 0 Å². The first kappa shape index (κ1) is 18.3. The largest absolute Gasteiger partial charge is 0.357 e. The summed E-state index contributed by atoms with van der Waals surface area (Å²) in [5.41, 5.74) is 1.06. The van der Waals surface area contributed by atoms with E-state index in [2.05, 4.69) is 15.3 Å². The average molecular weight is 352 g/mol. The number of aromatic nitrogens is 1. The fraction of sp³-hybridized carbons (Fsp3) is 0.412. The van der Waals surface area contributed by atoms with Gasteiger partial charge in [-0.15, -0.1) is 11.3 Å². The van der Waals surface area contributed by atoms with Crippen LogP contribution in [0.1, 0.15) is 23.2 Å². The van der Waals surface area contributed by atoms with Crippen LogP contribution in [0.2, 0.25) is 0 Å². The van der Waals surface area contributed by atoms with Crippen LogP contribution >= 0.6 is 11.3 Å². The Morgan fingerprint density at radius 3 is 2.62 bits per heavy atom. The third-order valence-corrected chi connectivity index (χ3v) is 4.27. The third kappa shape index (κ3) is 4.99. The maximum absolute atomic E-state index is 13.6. The Hall–Kier alpha value is -2.02. The number of halogens is 2. The number of nitrogens with zero attached hydrogens (tertiary/aromatic N) is 3. The Morgan fingerprint density at radius 2 is 2.04 bits per heavy atom. The number of rotatable bonds is 6. The summed E-state index contributed by atoms with van der Waals surface area (Å²) in [6.07, 6.45) is 0.219. The van der Waals surface area contributed by atoms with Crippen molar-refractivity contribution in [3.05, 3.63) is 51.5 Å². The zero-order valence-electron chi connectivity index (χ0n) is 14.1. The number of thiazole rings is 1. The molecule has 1 heterocycles. The summed E-state index contributed by atoms with van der Waals surface area (Å²) in [6.45, 7) is 5.60. The van der Waals surface area contributed by atoms with Gasteiger partial charge in [-0.25, -0.2) is 13.8 Å². The van der Waals surface area contributed by atoms with Crippen molar-refractivity contribution in [2.24, 2.45) is 4.99 Å². The Labute approximate surface area is 145 Å². The van der Waals surface area contributed by atoms with Crippen molar-refractivity contribution in [2.45, 2.75) is 26.8 Å². The predicted octanol–water partition coefficient (Wildman–Crippen LogP) is 3.37. The molecule has 1 N–H and O–H groups in total. The molecule has 0 spiro atoms. The second-order valence-electron chi connectivity index (χ2n) is 5.40. The molecule has 0 aliphatic carbocycles. The zero-order valence-corrected chi connectivity index (χ0v) is 15.0. The molecule has 1 aromatic carbocycles.